The third-order valence-corrected chi connectivity index (χ3v) is 4.33. The molecule has 1 aromatic carbocycles. The van der Waals surface area contributed by atoms with Crippen LogP contribution in [0.25, 0.3) is 0 Å². The van der Waals surface area contributed by atoms with Gasteiger partial charge in [-0.15, -0.1) is 11.6 Å². The van der Waals surface area contributed by atoms with Crippen molar-refractivity contribution in [1.29, 1.82) is 0 Å². The molecular formula is C14H16Cl3NO. The lowest BCUT2D eigenvalue weighted by molar-refractivity contribution is 0.0934. The van der Waals surface area contributed by atoms with Gasteiger partial charge in [-0.3, -0.25) is 4.79 Å². The van der Waals surface area contributed by atoms with Gasteiger partial charge < -0.3 is 5.32 Å². The highest BCUT2D eigenvalue weighted by Crippen LogP contribution is 2.23. The number of alkyl halides is 1. The molecule has 0 aromatic heterocycles. The molecule has 0 radical (unpaired) electrons. The molecule has 1 aromatic rings. The van der Waals surface area contributed by atoms with Crippen molar-refractivity contribution in [3.8, 4) is 0 Å². The fourth-order valence-electron chi connectivity index (χ4n) is 2.36. The van der Waals surface area contributed by atoms with Crippen LogP contribution in [0.3, 0.4) is 0 Å². The minimum atomic E-state index is -0.165. The van der Waals surface area contributed by atoms with Crippen molar-refractivity contribution in [2.24, 2.45) is 0 Å². The largest absolute Gasteiger partial charge is 0.348 e. The molecule has 0 spiro atoms. The molecule has 1 aliphatic carbocycles. The van der Waals surface area contributed by atoms with Crippen molar-refractivity contribution < 1.29 is 4.79 Å². The first-order chi connectivity index (χ1) is 9.06. The molecule has 1 fully saturated rings. The summed E-state index contributed by atoms with van der Waals surface area (Å²) in [5, 5.41) is 3.91. The van der Waals surface area contributed by atoms with Gasteiger partial charge in [0.2, 0.25) is 0 Å². The number of hydrogen-bond donors (Lipinski definition) is 1. The average Bonchev–Trinajstić information content (AvgIpc) is 2.54. The number of hydrogen-bond acceptors (Lipinski definition) is 1. The molecule has 104 valence electrons. The molecule has 19 heavy (non-hydrogen) atoms. The normalized spacial score (nSPS) is 23.7. The van der Waals surface area contributed by atoms with E-state index in [1.807, 2.05) is 0 Å². The van der Waals surface area contributed by atoms with E-state index in [0.717, 1.165) is 25.7 Å². The van der Waals surface area contributed by atoms with Gasteiger partial charge in [-0.1, -0.05) is 42.5 Å². The van der Waals surface area contributed by atoms with E-state index in [1.54, 1.807) is 18.2 Å². The quantitative estimate of drug-likeness (QED) is 0.623. The van der Waals surface area contributed by atoms with Gasteiger partial charge in [0.15, 0.2) is 0 Å². The van der Waals surface area contributed by atoms with Crippen LogP contribution in [0.2, 0.25) is 10.0 Å². The third-order valence-electron chi connectivity index (χ3n) is 3.37. The molecular weight excluding hydrogens is 305 g/mol. The summed E-state index contributed by atoms with van der Waals surface area (Å²) in [4.78, 5) is 12.2. The van der Waals surface area contributed by atoms with Gasteiger partial charge in [0.25, 0.3) is 5.91 Å². The van der Waals surface area contributed by atoms with Crippen LogP contribution in [-0.4, -0.2) is 17.3 Å². The van der Waals surface area contributed by atoms with E-state index in [4.69, 9.17) is 34.8 Å². The predicted octanol–water partition coefficient (Wildman–Crippen LogP) is 4.66. The Labute approximate surface area is 128 Å². The first-order valence-electron chi connectivity index (χ1n) is 6.47. The molecule has 2 atom stereocenters. The molecule has 1 saturated carbocycles. The van der Waals surface area contributed by atoms with E-state index >= 15 is 0 Å². The Hall–Kier alpha value is -0.440. The molecule has 0 bridgehead atoms. The Balaban J connectivity index is 2.07. The Morgan fingerprint density at radius 1 is 1.05 bits per heavy atom. The highest BCUT2D eigenvalue weighted by Gasteiger charge is 2.23. The zero-order valence-electron chi connectivity index (χ0n) is 10.5. The summed E-state index contributed by atoms with van der Waals surface area (Å²) in [5.74, 6) is -0.165. The van der Waals surface area contributed by atoms with Crippen molar-refractivity contribution in [2.45, 2.75) is 43.5 Å². The highest BCUT2D eigenvalue weighted by atomic mass is 35.5. The van der Waals surface area contributed by atoms with Crippen LogP contribution in [0.5, 0.6) is 0 Å². The van der Waals surface area contributed by atoms with Crippen LogP contribution in [0.4, 0.5) is 0 Å². The maximum Gasteiger partial charge on any atom is 0.251 e. The maximum atomic E-state index is 12.2. The third kappa shape index (κ3) is 4.27. The zero-order chi connectivity index (χ0) is 13.8. The van der Waals surface area contributed by atoms with Crippen LogP contribution in [0.1, 0.15) is 42.5 Å². The second-order valence-corrected chi connectivity index (χ2v) is 6.33. The summed E-state index contributed by atoms with van der Waals surface area (Å²) in [5.41, 5.74) is 0.477. The topological polar surface area (TPSA) is 29.1 Å². The highest BCUT2D eigenvalue weighted by molar-refractivity contribution is 6.35. The Morgan fingerprint density at radius 2 is 1.68 bits per heavy atom. The molecule has 1 amide bonds. The van der Waals surface area contributed by atoms with Crippen molar-refractivity contribution in [3.63, 3.8) is 0 Å². The number of carbonyl (C=O) groups is 1. The van der Waals surface area contributed by atoms with E-state index in [2.05, 4.69) is 5.32 Å². The smallest absolute Gasteiger partial charge is 0.251 e. The summed E-state index contributed by atoms with van der Waals surface area (Å²) < 4.78 is 0. The van der Waals surface area contributed by atoms with Crippen LogP contribution in [-0.2, 0) is 0 Å². The number of rotatable bonds is 2. The summed E-state index contributed by atoms with van der Waals surface area (Å²) >= 11 is 18.1. The van der Waals surface area contributed by atoms with E-state index in [0.29, 0.717) is 15.6 Å². The Bertz CT molecular complexity index is 444. The number of amides is 1. The zero-order valence-corrected chi connectivity index (χ0v) is 12.7. The second-order valence-electron chi connectivity index (χ2n) is 4.89. The molecule has 1 aliphatic rings. The van der Waals surface area contributed by atoms with Crippen LogP contribution in [0.15, 0.2) is 18.2 Å². The van der Waals surface area contributed by atoms with Gasteiger partial charge in [-0.2, -0.15) is 0 Å². The predicted molar refractivity (Wildman–Crippen MR) is 80.4 cm³/mol. The van der Waals surface area contributed by atoms with Crippen LogP contribution < -0.4 is 5.32 Å². The molecule has 2 rings (SSSR count). The molecule has 2 nitrogen and oxygen atoms in total. The summed E-state index contributed by atoms with van der Waals surface area (Å²) in [7, 11) is 0. The van der Waals surface area contributed by atoms with Crippen LogP contribution in [0, 0.1) is 0 Å². The summed E-state index contributed by atoms with van der Waals surface area (Å²) in [6, 6.07) is 4.86. The first-order valence-corrected chi connectivity index (χ1v) is 7.66. The monoisotopic (exact) mass is 319 g/mol. The molecule has 5 heteroatoms. The van der Waals surface area contributed by atoms with E-state index in [1.165, 1.54) is 6.42 Å². The van der Waals surface area contributed by atoms with E-state index < -0.39 is 0 Å². The SMILES string of the molecule is O=C(NC1CCCCCC1Cl)c1cc(Cl)cc(Cl)c1. The summed E-state index contributed by atoms with van der Waals surface area (Å²) in [6.45, 7) is 0. The number of nitrogens with one attached hydrogen (secondary N) is 1. The Morgan fingerprint density at radius 3 is 2.37 bits per heavy atom. The van der Waals surface area contributed by atoms with Crippen molar-refractivity contribution in [2.75, 3.05) is 0 Å². The fourth-order valence-corrected chi connectivity index (χ4v) is 3.23. The van der Waals surface area contributed by atoms with Gasteiger partial charge in [0, 0.05) is 21.7 Å². The minimum absolute atomic E-state index is 0.00102. The van der Waals surface area contributed by atoms with Crippen molar-refractivity contribution in [3.05, 3.63) is 33.8 Å². The van der Waals surface area contributed by atoms with Gasteiger partial charge in [0.05, 0.1) is 5.38 Å². The molecule has 1 N–H and O–H groups in total. The second kappa shape index (κ2) is 6.83. The number of benzene rings is 1. The minimum Gasteiger partial charge on any atom is -0.348 e. The fraction of sp³-hybridized carbons (Fsp3) is 0.500. The van der Waals surface area contributed by atoms with Crippen LogP contribution >= 0.6 is 34.8 Å². The van der Waals surface area contributed by atoms with Gasteiger partial charge in [-0.25, -0.2) is 0 Å². The number of halogens is 3. The Kier molecular flexibility index (Phi) is 5.37. The summed E-state index contributed by atoms with van der Waals surface area (Å²) in [6.07, 6.45) is 5.28. The van der Waals surface area contributed by atoms with Gasteiger partial charge >= 0.3 is 0 Å². The molecule has 0 heterocycles. The van der Waals surface area contributed by atoms with Crippen molar-refractivity contribution in [1.82, 2.24) is 5.32 Å². The number of carbonyl (C=O) groups excluding carboxylic acids is 1. The lowest BCUT2D eigenvalue weighted by atomic mass is 10.1. The molecule has 0 aliphatic heterocycles. The molecule has 0 saturated heterocycles. The van der Waals surface area contributed by atoms with Gasteiger partial charge in [-0.05, 0) is 31.0 Å². The van der Waals surface area contributed by atoms with Gasteiger partial charge in [0.1, 0.15) is 0 Å². The van der Waals surface area contributed by atoms with E-state index in [-0.39, 0.29) is 17.3 Å². The molecule has 2 unspecified atom stereocenters. The lowest BCUT2D eigenvalue weighted by Gasteiger charge is -2.21. The maximum absolute atomic E-state index is 12.2. The standard InChI is InChI=1S/C14H16Cl3NO/c15-10-6-9(7-11(16)8-10)14(19)18-13-5-3-1-2-4-12(13)17/h6-8,12-13H,1-5H2,(H,18,19). The van der Waals surface area contributed by atoms with E-state index in [9.17, 15) is 4.79 Å². The van der Waals surface area contributed by atoms with Crippen molar-refractivity contribution >= 4 is 40.7 Å². The first kappa shape index (κ1) is 15.0. The average molecular weight is 321 g/mol. The lowest BCUT2D eigenvalue weighted by Crippen LogP contribution is -2.40.